The highest BCUT2D eigenvalue weighted by atomic mass is 32.1. The lowest BCUT2D eigenvalue weighted by atomic mass is 10.1. The zero-order chi connectivity index (χ0) is 22.7. The average Bonchev–Trinajstić information content (AvgIpc) is 3.28. The number of hydrogen-bond acceptors (Lipinski definition) is 5. The summed E-state index contributed by atoms with van der Waals surface area (Å²) in [6, 6.07) is 13.0. The van der Waals surface area contributed by atoms with E-state index in [1.165, 1.54) is 11.0 Å². The smallest absolute Gasteiger partial charge is 0.262 e. The van der Waals surface area contributed by atoms with Gasteiger partial charge in [-0.25, -0.2) is 0 Å². The van der Waals surface area contributed by atoms with E-state index in [0.717, 1.165) is 30.8 Å². The van der Waals surface area contributed by atoms with Crippen molar-refractivity contribution in [3.05, 3.63) is 68.7 Å². The first-order valence-corrected chi connectivity index (χ1v) is 11.3. The first-order chi connectivity index (χ1) is 15.5. The van der Waals surface area contributed by atoms with Gasteiger partial charge in [0.1, 0.15) is 5.75 Å². The van der Waals surface area contributed by atoms with E-state index in [4.69, 9.17) is 17.0 Å². The molecule has 8 heteroatoms. The number of carbonyl (C=O) groups excluding carboxylic acids is 1. The number of methoxy groups -OCH3 is 1. The standard InChI is InChI=1S/C24H28N4O3S/c1-3-27-12-4-5-18(27)14-25-22(29)17-8-11-20-21(13-17)26-24(32)28(23(20)30)15-16-6-9-19(31-2)10-7-16/h6-11,13,18H,3-5,12,14-15H2,1-2H3,(H,25,29)(H,26,32). The third-order valence-corrected chi connectivity index (χ3v) is 6.47. The molecule has 32 heavy (non-hydrogen) atoms. The van der Waals surface area contributed by atoms with Crippen molar-refractivity contribution in [2.75, 3.05) is 26.7 Å². The first-order valence-electron chi connectivity index (χ1n) is 10.9. The molecule has 168 valence electrons. The average molecular weight is 453 g/mol. The molecule has 1 atom stereocenters. The van der Waals surface area contributed by atoms with Gasteiger partial charge in [-0.15, -0.1) is 0 Å². The topological polar surface area (TPSA) is 79.4 Å². The van der Waals surface area contributed by atoms with Gasteiger partial charge in [-0.3, -0.25) is 19.1 Å². The Morgan fingerprint density at radius 1 is 1.25 bits per heavy atom. The molecule has 1 aliphatic rings. The van der Waals surface area contributed by atoms with Crippen molar-refractivity contribution in [3.8, 4) is 5.75 Å². The molecule has 2 aromatic carbocycles. The molecule has 1 saturated heterocycles. The Kier molecular flexibility index (Phi) is 6.72. The van der Waals surface area contributed by atoms with E-state index in [1.54, 1.807) is 25.3 Å². The van der Waals surface area contributed by atoms with Crippen LogP contribution >= 0.6 is 12.2 Å². The Labute approximate surface area is 192 Å². The maximum atomic E-state index is 13.1. The third-order valence-electron chi connectivity index (χ3n) is 6.15. The molecule has 1 aromatic heterocycles. The number of rotatable bonds is 7. The van der Waals surface area contributed by atoms with Crippen molar-refractivity contribution >= 4 is 29.0 Å². The number of amides is 1. The lowest BCUT2D eigenvalue weighted by Crippen LogP contribution is -2.40. The number of nitrogens with one attached hydrogen (secondary N) is 2. The predicted octanol–water partition coefficient (Wildman–Crippen LogP) is 3.33. The summed E-state index contributed by atoms with van der Waals surface area (Å²) in [6.45, 7) is 5.21. The summed E-state index contributed by atoms with van der Waals surface area (Å²) in [6.07, 6.45) is 2.27. The van der Waals surface area contributed by atoms with Crippen LogP contribution in [-0.4, -0.2) is 53.1 Å². The highest BCUT2D eigenvalue weighted by molar-refractivity contribution is 7.71. The van der Waals surface area contributed by atoms with E-state index in [0.29, 0.717) is 40.4 Å². The van der Waals surface area contributed by atoms with Crippen LogP contribution in [0.4, 0.5) is 0 Å². The van der Waals surface area contributed by atoms with Crippen LogP contribution in [0.5, 0.6) is 5.75 Å². The molecule has 0 saturated carbocycles. The minimum atomic E-state index is -0.184. The molecular weight excluding hydrogens is 424 g/mol. The Morgan fingerprint density at radius 2 is 2.03 bits per heavy atom. The molecule has 2 N–H and O–H groups in total. The van der Waals surface area contributed by atoms with Crippen LogP contribution in [0.25, 0.3) is 10.9 Å². The number of nitrogens with zero attached hydrogens (tertiary/aromatic N) is 2. The number of aromatic nitrogens is 2. The highest BCUT2D eigenvalue weighted by Gasteiger charge is 2.23. The number of hydrogen-bond donors (Lipinski definition) is 2. The zero-order valence-electron chi connectivity index (χ0n) is 18.4. The molecule has 3 aromatic rings. The molecule has 1 fully saturated rings. The van der Waals surface area contributed by atoms with Gasteiger partial charge in [-0.1, -0.05) is 19.1 Å². The lowest BCUT2D eigenvalue weighted by molar-refractivity contribution is 0.0941. The number of fused-ring (bicyclic) bond motifs is 1. The molecule has 1 aliphatic heterocycles. The van der Waals surface area contributed by atoms with Crippen molar-refractivity contribution < 1.29 is 9.53 Å². The number of likely N-dealkylation sites (tertiary alicyclic amines) is 1. The summed E-state index contributed by atoms with van der Waals surface area (Å²) >= 11 is 5.45. The van der Waals surface area contributed by atoms with Gasteiger partial charge in [-0.2, -0.15) is 0 Å². The largest absolute Gasteiger partial charge is 0.497 e. The molecule has 4 rings (SSSR count). The lowest BCUT2D eigenvalue weighted by Gasteiger charge is -2.22. The monoisotopic (exact) mass is 452 g/mol. The predicted molar refractivity (Wildman–Crippen MR) is 128 cm³/mol. The summed E-state index contributed by atoms with van der Waals surface area (Å²) in [5.74, 6) is 0.613. The fourth-order valence-electron chi connectivity index (χ4n) is 4.31. The second kappa shape index (κ2) is 9.67. The number of H-pyrrole nitrogens is 1. The van der Waals surface area contributed by atoms with Crippen molar-refractivity contribution in [2.45, 2.75) is 32.4 Å². The first kappa shape index (κ1) is 22.2. The Bertz CT molecular complexity index is 1230. The van der Waals surface area contributed by atoms with Crippen molar-refractivity contribution in [2.24, 2.45) is 0 Å². The summed E-state index contributed by atoms with van der Waals surface area (Å²) in [7, 11) is 1.61. The van der Waals surface area contributed by atoms with Crippen LogP contribution in [0.15, 0.2) is 47.3 Å². The van der Waals surface area contributed by atoms with Gasteiger partial charge in [-0.05, 0) is 74.0 Å². The maximum absolute atomic E-state index is 13.1. The second-order valence-electron chi connectivity index (χ2n) is 8.06. The van der Waals surface area contributed by atoms with Gasteiger partial charge >= 0.3 is 0 Å². The molecule has 0 radical (unpaired) electrons. The van der Waals surface area contributed by atoms with Crippen molar-refractivity contribution in [1.29, 1.82) is 0 Å². The van der Waals surface area contributed by atoms with Crippen LogP contribution in [0.3, 0.4) is 0 Å². The molecule has 0 aliphatic carbocycles. The fourth-order valence-corrected chi connectivity index (χ4v) is 4.57. The molecular formula is C24H28N4O3S. The fraction of sp³-hybridized carbons (Fsp3) is 0.375. The molecule has 1 unspecified atom stereocenters. The SMILES string of the molecule is CCN1CCCC1CNC(=O)c1ccc2c(=O)n(Cc3ccc(OC)cc3)c(=S)[nH]c2c1. The van der Waals surface area contributed by atoms with E-state index in [2.05, 4.69) is 22.1 Å². The van der Waals surface area contributed by atoms with Gasteiger partial charge in [0.2, 0.25) is 0 Å². The number of benzene rings is 2. The second-order valence-corrected chi connectivity index (χ2v) is 8.45. The summed E-state index contributed by atoms with van der Waals surface area (Å²) in [4.78, 5) is 31.3. The highest BCUT2D eigenvalue weighted by Crippen LogP contribution is 2.17. The van der Waals surface area contributed by atoms with Crippen LogP contribution in [0, 0.1) is 4.77 Å². The third kappa shape index (κ3) is 4.61. The minimum Gasteiger partial charge on any atom is -0.497 e. The van der Waals surface area contributed by atoms with E-state index >= 15 is 0 Å². The summed E-state index contributed by atoms with van der Waals surface area (Å²) < 4.78 is 7.03. The van der Waals surface area contributed by atoms with Gasteiger partial charge in [0.05, 0.1) is 24.6 Å². The normalized spacial score (nSPS) is 16.4. The van der Waals surface area contributed by atoms with Gasteiger partial charge in [0.25, 0.3) is 11.5 Å². The number of aromatic amines is 1. The van der Waals surface area contributed by atoms with Crippen molar-refractivity contribution in [1.82, 2.24) is 19.8 Å². The van der Waals surface area contributed by atoms with Gasteiger partial charge < -0.3 is 15.0 Å². The minimum absolute atomic E-state index is 0.142. The van der Waals surface area contributed by atoms with E-state index < -0.39 is 0 Å². The van der Waals surface area contributed by atoms with Crippen LogP contribution < -0.4 is 15.6 Å². The van der Waals surface area contributed by atoms with Gasteiger partial charge in [0, 0.05) is 18.2 Å². The van der Waals surface area contributed by atoms with E-state index in [-0.39, 0.29) is 11.5 Å². The molecule has 2 heterocycles. The molecule has 1 amide bonds. The summed E-state index contributed by atoms with van der Waals surface area (Å²) in [5.41, 5.74) is 1.83. The number of ether oxygens (including phenoxy) is 1. The quantitative estimate of drug-likeness (QED) is 0.538. The molecule has 7 nitrogen and oxygen atoms in total. The maximum Gasteiger partial charge on any atom is 0.262 e. The zero-order valence-corrected chi connectivity index (χ0v) is 19.2. The Balaban J connectivity index is 1.54. The van der Waals surface area contributed by atoms with Crippen LogP contribution in [0.1, 0.15) is 35.7 Å². The van der Waals surface area contributed by atoms with E-state index in [1.807, 2.05) is 24.3 Å². The van der Waals surface area contributed by atoms with Crippen LogP contribution in [-0.2, 0) is 6.54 Å². The molecule has 0 spiro atoms. The molecule has 0 bridgehead atoms. The number of carbonyl (C=O) groups is 1. The summed E-state index contributed by atoms with van der Waals surface area (Å²) in [5, 5.41) is 3.54. The Hall–Kier alpha value is -2.97. The van der Waals surface area contributed by atoms with Gasteiger partial charge in [0.15, 0.2) is 4.77 Å². The van der Waals surface area contributed by atoms with E-state index in [9.17, 15) is 9.59 Å². The number of likely N-dealkylation sites (N-methyl/N-ethyl adjacent to an activating group) is 1. The van der Waals surface area contributed by atoms with Crippen LogP contribution in [0.2, 0.25) is 0 Å². The van der Waals surface area contributed by atoms with Crippen molar-refractivity contribution in [3.63, 3.8) is 0 Å². The Morgan fingerprint density at radius 3 is 2.75 bits per heavy atom.